The average molecular weight is 628 g/mol. The highest BCUT2D eigenvalue weighted by molar-refractivity contribution is 7.13. The van der Waals surface area contributed by atoms with E-state index in [1.165, 1.54) is 18.4 Å². The van der Waals surface area contributed by atoms with E-state index in [-0.39, 0.29) is 19.0 Å². The van der Waals surface area contributed by atoms with Gasteiger partial charge < -0.3 is 33.5 Å². The van der Waals surface area contributed by atoms with Crippen LogP contribution in [0, 0.1) is 0 Å². The van der Waals surface area contributed by atoms with Gasteiger partial charge in [-0.05, 0) is 84.4 Å². The van der Waals surface area contributed by atoms with Crippen molar-refractivity contribution in [3.8, 4) is 56.3 Å². The van der Waals surface area contributed by atoms with Gasteiger partial charge in [0.25, 0.3) is 0 Å². The van der Waals surface area contributed by atoms with Crippen LogP contribution in [0.1, 0.15) is 22.0 Å². The molecule has 0 aliphatic carbocycles. The summed E-state index contributed by atoms with van der Waals surface area (Å²) in [5.41, 5.74) is 3.86. The molecule has 0 bridgehead atoms. The van der Waals surface area contributed by atoms with Gasteiger partial charge in [-0.2, -0.15) is 0 Å². The summed E-state index contributed by atoms with van der Waals surface area (Å²) in [6.45, 7) is -0.0229. The van der Waals surface area contributed by atoms with Crippen LogP contribution in [-0.4, -0.2) is 57.5 Å². The molecule has 45 heavy (non-hydrogen) atoms. The standard InChI is InChI=1S/C35H33NO8S/c1-39-31-15-9-24(17-33(31)41-3)29(37)19-43-26-11-5-22(6-12-26)28-21-45-35(36-28)23-7-13-27(14-8-23)44-20-30(38)25-10-16-32(40-2)34(18-25)42-4/h5-18,21,30,38H,19-20H2,1-4H3. The predicted molar refractivity (Wildman–Crippen MR) is 172 cm³/mol. The first-order valence-corrected chi connectivity index (χ1v) is 14.9. The first-order chi connectivity index (χ1) is 21.9. The Hall–Kier alpha value is -5.06. The Kier molecular flexibility index (Phi) is 10.2. The third kappa shape index (κ3) is 7.54. The van der Waals surface area contributed by atoms with E-state index in [1.807, 2.05) is 53.9 Å². The fourth-order valence-corrected chi connectivity index (χ4v) is 5.36. The second-order valence-corrected chi connectivity index (χ2v) is 10.7. The second kappa shape index (κ2) is 14.6. The van der Waals surface area contributed by atoms with Crippen molar-refractivity contribution in [2.45, 2.75) is 6.10 Å². The van der Waals surface area contributed by atoms with E-state index in [9.17, 15) is 9.90 Å². The quantitative estimate of drug-likeness (QED) is 0.132. The third-order valence-electron chi connectivity index (χ3n) is 7.03. The number of methoxy groups -OCH3 is 4. The van der Waals surface area contributed by atoms with Gasteiger partial charge in [-0.15, -0.1) is 11.3 Å². The molecule has 0 saturated carbocycles. The smallest absolute Gasteiger partial charge is 0.200 e. The molecule has 5 aromatic rings. The lowest BCUT2D eigenvalue weighted by Crippen LogP contribution is -2.11. The number of aliphatic hydroxyl groups is 1. The van der Waals surface area contributed by atoms with Crippen LogP contribution in [0.3, 0.4) is 0 Å². The normalized spacial score (nSPS) is 11.4. The van der Waals surface area contributed by atoms with E-state index < -0.39 is 6.10 Å². The minimum absolute atomic E-state index is 0.0837. The van der Waals surface area contributed by atoms with Gasteiger partial charge in [-0.3, -0.25) is 4.79 Å². The van der Waals surface area contributed by atoms with Crippen molar-refractivity contribution in [3.63, 3.8) is 0 Å². The van der Waals surface area contributed by atoms with E-state index in [0.29, 0.717) is 45.6 Å². The lowest BCUT2D eigenvalue weighted by atomic mass is 10.1. The fourth-order valence-electron chi connectivity index (χ4n) is 4.53. The Morgan fingerprint density at radius 3 is 1.93 bits per heavy atom. The molecule has 0 radical (unpaired) electrons. The monoisotopic (exact) mass is 627 g/mol. The highest BCUT2D eigenvalue weighted by Crippen LogP contribution is 2.33. The fraction of sp³-hybridized carbons (Fsp3) is 0.200. The number of nitrogens with zero attached hydrogens (tertiary/aromatic N) is 1. The molecular weight excluding hydrogens is 594 g/mol. The van der Waals surface area contributed by atoms with Crippen LogP contribution in [0.5, 0.6) is 34.5 Å². The Balaban J connectivity index is 1.15. The minimum atomic E-state index is -0.833. The van der Waals surface area contributed by atoms with E-state index >= 15 is 0 Å². The molecule has 1 atom stereocenters. The molecule has 0 saturated heterocycles. The minimum Gasteiger partial charge on any atom is -0.493 e. The van der Waals surface area contributed by atoms with Crippen molar-refractivity contribution in [3.05, 3.63) is 101 Å². The molecule has 0 spiro atoms. The van der Waals surface area contributed by atoms with Crippen LogP contribution >= 0.6 is 11.3 Å². The molecular formula is C35H33NO8S. The number of thiazole rings is 1. The zero-order chi connectivity index (χ0) is 31.8. The topological polar surface area (TPSA) is 106 Å². The SMILES string of the molecule is COc1ccc(C(=O)COc2ccc(-c3csc(-c4ccc(OCC(O)c5ccc(OC)c(OC)c5)cc4)n3)cc2)cc1OC. The highest BCUT2D eigenvalue weighted by atomic mass is 32.1. The molecule has 1 aromatic heterocycles. The molecule has 9 nitrogen and oxygen atoms in total. The molecule has 0 aliphatic heterocycles. The molecule has 1 heterocycles. The maximum absolute atomic E-state index is 12.6. The number of ether oxygens (including phenoxy) is 6. The predicted octanol–water partition coefficient (Wildman–Crippen LogP) is 6.89. The molecule has 10 heteroatoms. The van der Waals surface area contributed by atoms with Crippen LogP contribution in [0.15, 0.2) is 90.3 Å². The highest BCUT2D eigenvalue weighted by Gasteiger charge is 2.14. The van der Waals surface area contributed by atoms with E-state index in [0.717, 1.165) is 21.8 Å². The number of hydrogen-bond donors (Lipinski definition) is 1. The average Bonchev–Trinajstić information content (AvgIpc) is 3.59. The second-order valence-electron chi connectivity index (χ2n) is 9.81. The van der Waals surface area contributed by atoms with Crippen LogP contribution in [0.2, 0.25) is 0 Å². The van der Waals surface area contributed by atoms with Crippen molar-refractivity contribution in [1.82, 2.24) is 4.98 Å². The van der Waals surface area contributed by atoms with E-state index in [1.54, 1.807) is 57.7 Å². The molecule has 0 amide bonds. The lowest BCUT2D eigenvalue weighted by Gasteiger charge is -2.15. The molecule has 4 aromatic carbocycles. The maximum Gasteiger partial charge on any atom is 0.200 e. The molecule has 1 N–H and O–H groups in total. The van der Waals surface area contributed by atoms with Crippen molar-refractivity contribution in [2.75, 3.05) is 41.7 Å². The van der Waals surface area contributed by atoms with Gasteiger partial charge in [-0.25, -0.2) is 4.98 Å². The van der Waals surface area contributed by atoms with Gasteiger partial charge >= 0.3 is 0 Å². The van der Waals surface area contributed by atoms with Crippen molar-refractivity contribution < 1.29 is 38.3 Å². The molecule has 232 valence electrons. The Morgan fingerprint density at radius 1 is 0.711 bits per heavy atom. The number of aliphatic hydroxyl groups excluding tert-OH is 1. The van der Waals surface area contributed by atoms with Gasteiger partial charge in [0.05, 0.1) is 34.1 Å². The summed E-state index contributed by atoms with van der Waals surface area (Å²) in [6, 6.07) is 25.3. The number of hydrogen-bond acceptors (Lipinski definition) is 10. The molecule has 0 fully saturated rings. The van der Waals surface area contributed by atoms with Gasteiger partial charge in [0.15, 0.2) is 35.4 Å². The summed E-state index contributed by atoms with van der Waals surface area (Å²) >= 11 is 1.54. The van der Waals surface area contributed by atoms with Crippen LogP contribution in [-0.2, 0) is 0 Å². The molecule has 1 unspecified atom stereocenters. The number of carbonyl (C=O) groups excluding carboxylic acids is 1. The zero-order valence-electron chi connectivity index (χ0n) is 25.3. The van der Waals surface area contributed by atoms with Crippen LogP contribution in [0.25, 0.3) is 21.8 Å². The van der Waals surface area contributed by atoms with Gasteiger partial charge in [-0.1, -0.05) is 6.07 Å². The van der Waals surface area contributed by atoms with E-state index in [2.05, 4.69) is 0 Å². The number of rotatable bonds is 14. The lowest BCUT2D eigenvalue weighted by molar-refractivity contribution is 0.0921. The summed E-state index contributed by atoms with van der Waals surface area (Å²) in [7, 11) is 6.19. The molecule has 5 rings (SSSR count). The summed E-state index contributed by atoms with van der Waals surface area (Å²) in [4.78, 5) is 17.4. The van der Waals surface area contributed by atoms with Gasteiger partial charge in [0, 0.05) is 22.1 Å². The van der Waals surface area contributed by atoms with Gasteiger partial charge in [0.2, 0.25) is 0 Å². The van der Waals surface area contributed by atoms with Crippen LogP contribution in [0.4, 0.5) is 0 Å². The number of carbonyl (C=O) groups is 1. The number of Topliss-reactive ketones (excluding diaryl/α,β-unsaturated/α-hetero) is 1. The zero-order valence-corrected chi connectivity index (χ0v) is 26.1. The first kappa shape index (κ1) is 31.4. The van der Waals surface area contributed by atoms with Crippen molar-refractivity contribution in [2.24, 2.45) is 0 Å². The maximum atomic E-state index is 12.6. The van der Waals surface area contributed by atoms with Crippen molar-refractivity contribution in [1.29, 1.82) is 0 Å². The summed E-state index contributed by atoms with van der Waals surface area (Å²) in [5.74, 6) is 3.23. The largest absolute Gasteiger partial charge is 0.493 e. The van der Waals surface area contributed by atoms with Crippen LogP contribution < -0.4 is 28.4 Å². The number of benzene rings is 4. The van der Waals surface area contributed by atoms with E-state index in [4.69, 9.17) is 33.4 Å². The number of ketones is 1. The Morgan fingerprint density at radius 2 is 1.29 bits per heavy atom. The van der Waals surface area contributed by atoms with Gasteiger partial charge in [0.1, 0.15) is 29.2 Å². The Bertz CT molecular complexity index is 1730. The Labute approximate surface area is 265 Å². The summed E-state index contributed by atoms with van der Waals surface area (Å²) in [5, 5.41) is 13.5. The summed E-state index contributed by atoms with van der Waals surface area (Å²) < 4.78 is 32.6. The first-order valence-electron chi connectivity index (χ1n) is 14.0. The third-order valence-corrected chi connectivity index (χ3v) is 7.92. The molecule has 0 aliphatic rings. The van der Waals surface area contributed by atoms with Crippen molar-refractivity contribution >= 4 is 17.1 Å². The number of aromatic nitrogens is 1. The summed E-state index contributed by atoms with van der Waals surface area (Å²) in [6.07, 6.45) is -0.833.